The number of ether oxygens (including phenoxy) is 2. The molecule has 18 rings (SSSR count). The molecule has 0 fully saturated rings. The molecule has 13 aromatic carbocycles. The molecule has 0 aliphatic heterocycles. The number of Topliss-reactive ketones (excluding diaryl/α,β-unsaturated/α-hetero) is 1. The number of methoxy groups -OCH3 is 2. The van der Waals surface area contributed by atoms with Gasteiger partial charge >= 0.3 is 0 Å². The fourth-order valence-electron chi connectivity index (χ4n) is 14.8. The van der Waals surface area contributed by atoms with Crippen LogP contribution in [0.5, 0.6) is 11.5 Å². The maximum atomic E-state index is 16.2. The molecule has 0 heterocycles. The van der Waals surface area contributed by atoms with Gasteiger partial charge in [0.15, 0.2) is 17.3 Å². The van der Waals surface area contributed by atoms with Crippen molar-refractivity contribution in [2.45, 2.75) is 10.8 Å². The lowest BCUT2D eigenvalue weighted by Gasteiger charge is -2.50. The highest BCUT2D eigenvalue weighted by Gasteiger charge is 2.74. The second-order valence-corrected chi connectivity index (χ2v) is 16.6. The predicted molar refractivity (Wildman–Crippen MR) is 210 cm³/mol. The van der Waals surface area contributed by atoms with Crippen molar-refractivity contribution in [3.05, 3.63) is 106 Å². The summed E-state index contributed by atoms with van der Waals surface area (Å²) >= 11 is 0. The molecule has 5 aliphatic rings. The second-order valence-electron chi connectivity index (χ2n) is 16.6. The molecule has 232 valence electrons. The van der Waals surface area contributed by atoms with E-state index in [1.54, 1.807) is 14.2 Å². The van der Waals surface area contributed by atoms with Crippen LogP contribution in [0.4, 0.5) is 0 Å². The summed E-state index contributed by atoms with van der Waals surface area (Å²) in [6.07, 6.45) is 4.73. The average molecular weight is 655 g/mol. The predicted octanol–water partition coefficient (Wildman–Crippen LogP) is 9.52. The van der Waals surface area contributed by atoms with Gasteiger partial charge in [-0.25, -0.2) is 0 Å². The number of carbonyl (C=O) groups is 1. The Morgan fingerprint density at radius 2 is 0.808 bits per heavy atom. The van der Waals surface area contributed by atoms with Crippen LogP contribution in [0.1, 0.15) is 27.0 Å². The first kappa shape index (κ1) is 23.1. The lowest BCUT2D eigenvalue weighted by atomic mass is 9.48. The van der Waals surface area contributed by atoms with Crippen molar-refractivity contribution < 1.29 is 14.3 Å². The number of benzene rings is 9. The minimum absolute atomic E-state index is 0.196. The molecule has 0 bridgehead atoms. The lowest BCUT2D eigenvalue weighted by Crippen LogP contribution is -2.53. The molecule has 3 nitrogen and oxygen atoms in total. The molecular weight excluding hydrogens is 637 g/mol. The van der Waals surface area contributed by atoms with Gasteiger partial charge in [-0.05, 0) is 169 Å². The summed E-state index contributed by atoms with van der Waals surface area (Å²) in [5.74, 6) is 1.47. The first-order valence-electron chi connectivity index (χ1n) is 18.4. The first-order chi connectivity index (χ1) is 25.7. The normalized spacial score (nSPS) is 22.5. The van der Waals surface area contributed by atoms with Gasteiger partial charge in [-0.2, -0.15) is 0 Å². The average Bonchev–Trinajstić information content (AvgIpc) is 4.01. The Kier molecular flexibility index (Phi) is 2.67. The lowest BCUT2D eigenvalue weighted by molar-refractivity contribution is 0.0922. The molecule has 2 atom stereocenters. The standard InChI is InChI=1S/C49H18O3/c1-51-27-13-23-26(14-28(27)52-2)48-24-11-12-25-22-10-8-20-18-6-4-16-15-3-5-17-19-7-9-21(24)35-33(19)38-31(17)29(15)37-30(16)32(18)39-34(20)36(22)46(49(25,48)47(23)50)44-42(39)40(37)41(38)43(44)45(35)48/h3-14H,1-2H3. The minimum Gasteiger partial charge on any atom is -0.493 e. The number of hydrogen-bond donors (Lipinski definition) is 0. The van der Waals surface area contributed by atoms with Gasteiger partial charge in [0.25, 0.3) is 0 Å². The third kappa shape index (κ3) is 1.52. The first-order valence-corrected chi connectivity index (χ1v) is 18.4. The van der Waals surface area contributed by atoms with Gasteiger partial charge in [-0.1, -0.05) is 60.7 Å². The largest absolute Gasteiger partial charge is 0.493 e. The smallest absolute Gasteiger partial charge is 0.179 e. The fraction of sp³-hybridized carbons (Fsp3) is 0.0816. The molecule has 52 heavy (non-hydrogen) atoms. The molecule has 0 saturated carbocycles. The van der Waals surface area contributed by atoms with Crippen LogP contribution in [0.25, 0.3) is 130 Å². The summed E-state index contributed by atoms with van der Waals surface area (Å²) in [5.41, 5.74) is 5.19. The molecule has 0 radical (unpaired) electrons. The van der Waals surface area contributed by atoms with Crippen molar-refractivity contribution in [1.29, 1.82) is 0 Å². The van der Waals surface area contributed by atoms with Crippen LogP contribution >= 0.6 is 0 Å². The van der Waals surface area contributed by atoms with Crippen LogP contribution in [0.2, 0.25) is 0 Å². The fourth-order valence-corrected chi connectivity index (χ4v) is 14.8. The summed E-state index contributed by atoms with van der Waals surface area (Å²) in [4.78, 5) is 16.2. The highest BCUT2D eigenvalue weighted by atomic mass is 16.5. The molecule has 0 aromatic heterocycles. The van der Waals surface area contributed by atoms with Crippen molar-refractivity contribution in [2.75, 3.05) is 14.2 Å². The van der Waals surface area contributed by atoms with Crippen LogP contribution < -0.4 is 19.9 Å². The molecule has 0 saturated heterocycles. The van der Waals surface area contributed by atoms with Crippen LogP contribution in [-0.2, 0) is 10.8 Å². The van der Waals surface area contributed by atoms with E-state index in [-0.39, 0.29) is 5.78 Å². The Hall–Kier alpha value is -6.45. The highest BCUT2D eigenvalue weighted by Crippen LogP contribution is 2.77. The van der Waals surface area contributed by atoms with Crippen molar-refractivity contribution in [2.24, 2.45) is 0 Å². The second kappa shape index (κ2) is 6.01. The molecule has 0 N–H and O–H groups in total. The molecule has 5 aliphatic carbocycles. The van der Waals surface area contributed by atoms with Crippen LogP contribution in [0, 0.1) is 0 Å². The number of carbonyl (C=O) groups excluding carboxylic acids is 1. The van der Waals surface area contributed by atoms with E-state index in [0.717, 1.165) is 16.7 Å². The number of fused-ring (bicyclic) bond motifs is 4. The quantitative estimate of drug-likeness (QED) is 0.174. The maximum absolute atomic E-state index is 16.2. The Morgan fingerprint density at radius 3 is 1.31 bits per heavy atom. The topological polar surface area (TPSA) is 35.5 Å². The summed E-state index contributed by atoms with van der Waals surface area (Å²) in [7, 11) is 3.39. The Bertz CT molecular complexity index is 4220. The van der Waals surface area contributed by atoms with E-state index < -0.39 is 10.8 Å². The van der Waals surface area contributed by atoms with E-state index >= 15 is 4.79 Å². The zero-order valence-corrected chi connectivity index (χ0v) is 27.7. The molecular formula is C49H18O3. The van der Waals surface area contributed by atoms with Crippen molar-refractivity contribution >= 4 is 135 Å². The SMILES string of the molecule is COc1cc2c(cc1OC)C13C4=c5ccc6c7ccc8c9ccc%10c%11ccc%12c%13c(c%14c%15c1c5c6c1c7c8c5c9c%10c(c%13%11)c%14c5c%151)C3(C2=O)C=%12C=C4. The van der Waals surface area contributed by atoms with Crippen LogP contribution in [-0.4, -0.2) is 20.0 Å². The van der Waals surface area contributed by atoms with Crippen molar-refractivity contribution in [1.82, 2.24) is 0 Å². The van der Waals surface area contributed by atoms with Gasteiger partial charge < -0.3 is 9.47 Å². The number of hydrogen-bond acceptors (Lipinski definition) is 3. The molecule has 3 heteroatoms. The molecule has 0 amide bonds. The number of rotatable bonds is 2. The van der Waals surface area contributed by atoms with Crippen molar-refractivity contribution in [3.8, 4) is 11.5 Å². The maximum Gasteiger partial charge on any atom is 0.179 e. The van der Waals surface area contributed by atoms with E-state index in [2.05, 4.69) is 66.7 Å². The van der Waals surface area contributed by atoms with Crippen LogP contribution in [0.3, 0.4) is 0 Å². The Labute approximate surface area is 290 Å². The summed E-state index contributed by atoms with van der Waals surface area (Å²) in [6, 6.07) is 23.3. The zero-order chi connectivity index (χ0) is 33.0. The van der Waals surface area contributed by atoms with Gasteiger partial charge in [0.2, 0.25) is 0 Å². The van der Waals surface area contributed by atoms with Gasteiger partial charge in [-0.3, -0.25) is 4.79 Å². The van der Waals surface area contributed by atoms with E-state index in [1.807, 2.05) is 6.07 Å². The molecule has 2 spiro atoms. The van der Waals surface area contributed by atoms with E-state index in [1.165, 1.54) is 146 Å². The number of ketones is 1. The minimum atomic E-state index is -0.933. The monoisotopic (exact) mass is 654 g/mol. The van der Waals surface area contributed by atoms with Crippen LogP contribution in [0.15, 0.2) is 72.8 Å². The Morgan fingerprint density at radius 1 is 0.423 bits per heavy atom. The highest BCUT2D eigenvalue weighted by molar-refractivity contribution is 6.64. The third-order valence-electron chi connectivity index (χ3n) is 15.8. The summed E-state index contributed by atoms with van der Waals surface area (Å²) < 4.78 is 12.0. The Balaban J connectivity index is 1.34. The van der Waals surface area contributed by atoms with Crippen molar-refractivity contribution in [3.63, 3.8) is 0 Å². The van der Waals surface area contributed by atoms with E-state index in [9.17, 15) is 0 Å². The molecule has 2 unspecified atom stereocenters. The van der Waals surface area contributed by atoms with Gasteiger partial charge in [0.1, 0.15) is 5.41 Å². The van der Waals surface area contributed by atoms with Gasteiger partial charge in [0.05, 0.1) is 19.6 Å². The van der Waals surface area contributed by atoms with E-state index in [4.69, 9.17) is 9.47 Å². The zero-order valence-electron chi connectivity index (χ0n) is 27.7. The summed E-state index contributed by atoms with van der Waals surface area (Å²) in [5, 5.41) is 33.1. The number of allylic oxidation sites excluding steroid dienone is 2. The van der Waals surface area contributed by atoms with Gasteiger partial charge in [0, 0.05) is 5.56 Å². The van der Waals surface area contributed by atoms with Gasteiger partial charge in [-0.15, -0.1) is 0 Å². The molecule has 13 aromatic rings. The third-order valence-corrected chi connectivity index (χ3v) is 15.8. The summed E-state index contributed by atoms with van der Waals surface area (Å²) in [6.45, 7) is 0. The van der Waals surface area contributed by atoms with E-state index in [0.29, 0.717) is 11.5 Å².